The first-order valence-electron chi connectivity index (χ1n) is 42.8. The number of amides is 1. The molecule has 0 bridgehead atoms. The van der Waals surface area contributed by atoms with Crippen LogP contribution in [0.5, 0.6) is 0 Å². The van der Waals surface area contributed by atoms with Gasteiger partial charge in [-0.2, -0.15) is 0 Å². The molecule has 0 saturated carbocycles. The van der Waals surface area contributed by atoms with E-state index in [0.29, 0.717) is 25.9 Å². The number of ether oxygens (including phenoxy) is 1. The average molecular weight is 1290 g/mol. The Bertz CT molecular complexity index is 1340. The fourth-order valence-corrected chi connectivity index (χ4v) is 14.2. The lowest BCUT2D eigenvalue weighted by Crippen LogP contribution is -2.45. The standard InChI is InChI=1S/C85H169NO5/c1-3-5-7-9-11-13-15-17-19-21-23-39-42-45-49-53-57-61-65-69-73-77-83(88)82(81-87)86-84(89)78-74-70-66-62-58-54-50-46-43-40-37-35-33-31-29-27-25-24-26-28-30-32-34-36-38-41-44-48-52-56-60-64-68-72-76-80-91-85(90)79-75-71-67-63-59-55-51-47-22-20-18-16-14-12-10-8-6-4-2/h82-83,87-88H,3-81H2,1-2H3,(H,86,89). The van der Waals surface area contributed by atoms with Gasteiger partial charge in [0.1, 0.15) is 0 Å². The van der Waals surface area contributed by atoms with Crippen LogP contribution in [0, 0.1) is 0 Å². The predicted molar refractivity (Wildman–Crippen MR) is 403 cm³/mol. The van der Waals surface area contributed by atoms with Crippen molar-refractivity contribution in [2.24, 2.45) is 0 Å². The van der Waals surface area contributed by atoms with Crippen molar-refractivity contribution in [2.75, 3.05) is 13.2 Å². The van der Waals surface area contributed by atoms with Gasteiger partial charge in [-0.15, -0.1) is 0 Å². The van der Waals surface area contributed by atoms with Crippen LogP contribution in [0.1, 0.15) is 508 Å². The highest BCUT2D eigenvalue weighted by atomic mass is 16.5. The Morgan fingerprint density at radius 2 is 0.451 bits per heavy atom. The number of carbonyl (C=O) groups is 2. The van der Waals surface area contributed by atoms with Crippen LogP contribution >= 0.6 is 0 Å². The summed E-state index contributed by atoms with van der Waals surface area (Å²) in [6.07, 6.45) is 102. The topological polar surface area (TPSA) is 95.9 Å². The third-order valence-electron chi connectivity index (χ3n) is 20.7. The highest BCUT2D eigenvalue weighted by Gasteiger charge is 2.20. The average Bonchev–Trinajstić information content (AvgIpc) is 3.59. The molecule has 0 aromatic heterocycles. The van der Waals surface area contributed by atoms with Gasteiger partial charge in [0.25, 0.3) is 0 Å². The molecule has 1 amide bonds. The van der Waals surface area contributed by atoms with Crippen LogP contribution in [0.4, 0.5) is 0 Å². The van der Waals surface area contributed by atoms with Gasteiger partial charge in [-0.1, -0.05) is 470 Å². The molecular weight excluding hydrogens is 1110 g/mol. The van der Waals surface area contributed by atoms with Crippen LogP contribution in [-0.4, -0.2) is 47.4 Å². The molecule has 0 aromatic carbocycles. The minimum atomic E-state index is -0.661. The Labute approximate surface area is 572 Å². The van der Waals surface area contributed by atoms with Crippen LogP contribution < -0.4 is 5.32 Å². The zero-order valence-electron chi connectivity index (χ0n) is 62.6. The van der Waals surface area contributed by atoms with E-state index in [1.165, 1.54) is 437 Å². The van der Waals surface area contributed by atoms with Crippen LogP contribution in [-0.2, 0) is 14.3 Å². The summed E-state index contributed by atoms with van der Waals surface area (Å²) in [5.41, 5.74) is 0. The molecule has 2 unspecified atom stereocenters. The summed E-state index contributed by atoms with van der Waals surface area (Å²) < 4.78 is 5.52. The van der Waals surface area contributed by atoms with Gasteiger partial charge in [0.05, 0.1) is 25.4 Å². The largest absolute Gasteiger partial charge is 0.466 e. The van der Waals surface area contributed by atoms with Crippen molar-refractivity contribution >= 4 is 11.9 Å². The van der Waals surface area contributed by atoms with Gasteiger partial charge in [-0.05, 0) is 25.7 Å². The van der Waals surface area contributed by atoms with Crippen molar-refractivity contribution in [3.8, 4) is 0 Å². The molecule has 0 spiro atoms. The smallest absolute Gasteiger partial charge is 0.305 e. The molecule has 544 valence electrons. The van der Waals surface area contributed by atoms with Crippen LogP contribution in [0.2, 0.25) is 0 Å². The maximum atomic E-state index is 12.6. The van der Waals surface area contributed by atoms with Crippen molar-refractivity contribution in [1.82, 2.24) is 5.32 Å². The molecule has 0 aromatic rings. The summed E-state index contributed by atoms with van der Waals surface area (Å²) in [6.45, 7) is 5.03. The van der Waals surface area contributed by atoms with E-state index >= 15 is 0 Å². The van der Waals surface area contributed by atoms with E-state index in [2.05, 4.69) is 19.2 Å². The molecule has 0 heterocycles. The Kier molecular flexibility index (Phi) is 80.3. The lowest BCUT2D eigenvalue weighted by molar-refractivity contribution is -0.143. The van der Waals surface area contributed by atoms with Gasteiger partial charge >= 0.3 is 5.97 Å². The molecule has 0 fully saturated rings. The maximum Gasteiger partial charge on any atom is 0.305 e. The summed E-state index contributed by atoms with van der Waals surface area (Å²) in [4.78, 5) is 24.7. The first kappa shape index (κ1) is 89.9. The number of esters is 1. The minimum absolute atomic E-state index is 0.0232. The summed E-state index contributed by atoms with van der Waals surface area (Å²) in [5, 5.41) is 23.5. The minimum Gasteiger partial charge on any atom is -0.466 e. The zero-order chi connectivity index (χ0) is 65.6. The first-order valence-corrected chi connectivity index (χ1v) is 42.8. The molecule has 0 aliphatic rings. The number of aliphatic hydroxyl groups excluding tert-OH is 2. The van der Waals surface area contributed by atoms with Gasteiger partial charge in [0.2, 0.25) is 5.91 Å². The first-order chi connectivity index (χ1) is 45.0. The Morgan fingerprint density at radius 1 is 0.264 bits per heavy atom. The van der Waals surface area contributed by atoms with E-state index in [1.807, 2.05) is 0 Å². The highest BCUT2D eigenvalue weighted by Crippen LogP contribution is 2.21. The van der Waals surface area contributed by atoms with Crippen molar-refractivity contribution in [3.05, 3.63) is 0 Å². The summed E-state index contributed by atoms with van der Waals surface area (Å²) in [7, 11) is 0. The van der Waals surface area contributed by atoms with Gasteiger partial charge in [0.15, 0.2) is 0 Å². The molecule has 0 saturated heterocycles. The number of hydrogen-bond donors (Lipinski definition) is 3. The van der Waals surface area contributed by atoms with Gasteiger partial charge < -0.3 is 20.3 Å². The molecule has 91 heavy (non-hydrogen) atoms. The number of nitrogens with one attached hydrogen (secondary N) is 1. The monoisotopic (exact) mass is 1280 g/mol. The lowest BCUT2D eigenvalue weighted by atomic mass is 10.0. The Hall–Kier alpha value is -1.14. The molecule has 0 aliphatic heterocycles. The molecule has 6 heteroatoms. The summed E-state index contributed by atoms with van der Waals surface area (Å²) in [5.74, 6) is 0.00550. The van der Waals surface area contributed by atoms with E-state index in [1.54, 1.807) is 0 Å². The fourth-order valence-electron chi connectivity index (χ4n) is 14.2. The number of rotatable bonds is 82. The van der Waals surface area contributed by atoms with Crippen LogP contribution in [0.3, 0.4) is 0 Å². The van der Waals surface area contributed by atoms with Gasteiger partial charge in [0, 0.05) is 12.8 Å². The highest BCUT2D eigenvalue weighted by molar-refractivity contribution is 5.76. The van der Waals surface area contributed by atoms with Crippen molar-refractivity contribution in [1.29, 1.82) is 0 Å². The van der Waals surface area contributed by atoms with E-state index in [9.17, 15) is 19.8 Å². The maximum absolute atomic E-state index is 12.6. The third kappa shape index (κ3) is 77.7. The fraction of sp³-hybridized carbons (Fsp3) is 0.976. The molecule has 2 atom stereocenters. The van der Waals surface area contributed by atoms with Crippen molar-refractivity contribution < 1.29 is 24.5 Å². The molecular formula is C85H169NO5. The van der Waals surface area contributed by atoms with Crippen LogP contribution in [0.25, 0.3) is 0 Å². The van der Waals surface area contributed by atoms with Gasteiger partial charge in [-0.3, -0.25) is 9.59 Å². The summed E-state index contributed by atoms with van der Waals surface area (Å²) in [6, 6.07) is -0.537. The Balaban J connectivity index is 3.29. The second-order valence-corrected chi connectivity index (χ2v) is 29.9. The molecule has 0 radical (unpaired) electrons. The van der Waals surface area contributed by atoms with E-state index < -0.39 is 12.1 Å². The van der Waals surface area contributed by atoms with Crippen molar-refractivity contribution in [2.45, 2.75) is 520 Å². The number of unbranched alkanes of at least 4 members (excludes halogenated alkanes) is 71. The van der Waals surface area contributed by atoms with E-state index in [-0.39, 0.29) is 18.5 Å². The quantitative estimate of drug-likeness (QED) is 0.0417. The second kappa shape index (κ2) is 81.3. The number of carbonyl (C=O) groups excluding carboxylic acids is 2. The third-order valence-corrected chi connectivity index (χ3v) is 20.7. The molecule has 0 aliphatic carbocycles. The number of hydrogen-bond acceptors (Lipinski definition) is 5. The summed E-state index contributed by atoms with van der Waals surface area (Å²) >= 11 is 0. The SMILES string of the molecule is CCCCCCCCCCCCCCCCCCCCCCCC(O)C(CO)NC(=O)CCCCCCCCCCCCCCCCCCCCCCCCCCCCCCCCCCCCCOC(=O)CCCCCCCCCCCCCCCCCCCC. The van der Waals surface area contributed by atoms with Crippen molar-refractivity contribution in [3.63, 3.8) is 0 Å². The van der Waals surface area contributed by atoms with Gasteiger partial charge in [-0.25, -0.2) is 0 Å². The molecule has 3 N–H and O–H groups in total. The lowest BCUT2D eigenvalue weighted by Gasteiger charge is -2.22. The number of aliphatic hydroxyl groups is 2. The predicted octanol–water partition coefficient (Wildman–Crippen LogP) is 28.4. The second-order valence-electron chi connectivity index (χ2n) is 29.9. The Morgan fingerprint density at radius 3 is 0.670 bits per heavy atom. The molecule has 6 nitrogen and oxygen atoms in total. The normalized spacial score (nSPS) is 12.4. The zero-order valence-corrected chi connectivity index (χ0v) is 62.6. The van der Waals surface area contributed by atoms with Crippen LogP contribution in [0.15, 0.2) is 0 Å². The van der Waals surface area contributed by atoms with E-state index in [4.69, 9.17) is 4.74 Å². The van der Waals surface area contributed by atoms with E-state index in [0.717, 1.165) is 38.5 Å². The molecule has 0 rings (SSSR count).